The number of anilines is 1. The summed E-state index contributed by atoms with van der Waals surface area (Å²) < 4.78 is 0. The number of phenolic OH excluding ortho intramolecular Hbond substituents is 1. The van der Waals surface area contributed by atoms with Gasteiger partial charge in [0.05, 0.1) is 9.83 Å². The molecule has 3 amide bonds. The predicted octanol–water partition coefficient (Wildman–Crippen LogP) is 4.10. The SMILES string of the molecule is CC(C)c1ccc(NC(=O)CN2C(=O)S/C(=C/c3ccc(O)c([N+](=O)[O-])c3)C2=O)cc1. The molecule has 2 aromatic carbocycles. The summed E-state index contributed by atoms with van der Waals surface area (Å²) in [5.74, 6) is -1.35. The van der Waals surface area contributed by atoms with Crippen LogP contribution in [0.5, 0.6) is 5.75 Å². The van der Waals surface area contributed by atoms with Crippen molar-refractivity contribution in [1.82, 2.24) is 4.90 Å². The minimum Gasteiger partial charge on any atom is -0.502 e. The first-order valence-electron chi connectivity index (χ1n) is 9.28. The van der Waals surface area contributed by atoms with Gasteiger partial charge in [0, 0.05) is 11.8 Å². The molecule has 9 nitrogen and oxygen atoms in total. The number of thioether (sulfide) groups is 1. The summed E-state index contributed by atoms with van der Waals surface area (Å²) in [6.45, 7) is 3.65. The zero-order valence-electron chi connectivity index (χ0n) is 16.7. The standard InChI is InChI=1S/C21H19N3O6S/c1-12(2)14-4-6-15(7-5-14)22-19(26)11-23-20(27)18(31-21(23)28)10-13-3-8-17(25)16(9-13)24(29)30/h3-10,12,25H,11H2,1-2H3,(H,22,26)/b18-10+. The van der Waals surface area contributed by atoms with Gasteiger partial charge >= 0.3 is 5.69 Å². The molecule has 2 aromatic rings. The number of nitro benzene ring substituents is 1. The second-order valence-electron chi connectivity index (χ2n) is 7.10. The van der Waals surface area contributed by atoms with Crippen LogP contribution >= 0.6 is 11.8 Å². The third-order valence-corrected chi connectivity index (χ3v) is 5.44. The zero-order chi connectivity index (χ0) is 22.7. The molecule has 3 rings (SSSR count). The van der Waals surface area contributed by atoms with Gasteiger partial charge in [-0.05, 0) is 53.1 Å². The van der Waals surface area contributed by atoms with Crippen LogP contribution in [0, 0.1) is 10.1 Å². The lowest BCUT2D eigenvalue weighted by atomic mass is 10.0. The molecular formula is C21H19N3O6S. The first-order chi connectivity index (χ1) is 14.7. The van der Waals surface area contributed by atoms with Crippen LogP contribution in [0.25, 0.3) is 6.08 Å². The number of imide groups is 1. The van der Waals surface area contributed by atoms with Gasteiger partial charge < -0.3 is 10.4 Å². The number of rotatable bonds is 6. The van der Waals surface area contributed by atoms with Gasteiger partial charge in [-0.15, -0.1) is 0 Å². The quantitative estimate of drug-likeness (QED) is 0.392. The van der Waals surface area contributed by atoms with E-state index in [0.717, 1.165) is 22.6 Å². The van der Waals surface area contributed by atoms with Crippen molar-refractivity contribution in [3.8, 4) is 5.75 Å². The van der Waals surface area contributed by atoms with Gasteiger partial charge in [0.15, 0.2) is 5.75 Å². The van der Waals surface area contributed by atoms with Crippen molar-refractivity contribution in [1.29, 1.82) is 0 Å². The summed E-state index contributed by atoms with van der Waals surface area (Å²) >= 11 is 0.635. The number of hydrogen-bond donors (Lipinski definition) is 2. The molecule has 0 spiro atoms. The molecule has 10 heteroatoms. The Bertz CT molecular complexity index is 1090. The number of hydrogen-bond acceptors (Lipinski definition) is 7. The Kier molecular flexibility index (Phi) is 6.40. The molecular weight excluding hydrogens is 422 g/mol. The molecule has 0 saturated carbocycles. The molecule has 0 atom stereocenters. The first kappa shape index (κ1) is 22.0. The molecule has 0 unspecified atom stereocenters. The summed E-state index contributed by atoms with van der Waals surface area (Å²) in [7, 11) is 0. The molecule has 160 valence electrons. The zero-order valence-corrected chi connectivity index (χ0v) is 17.5. The average Bonchev–Trinajstić information content (AvgIpc) is 2.97. The number of carbonyl (C=O) groups excluding carboxylic acids is 3. The Labute approximate surface area is 181 Å². The van der Waals surface area contributed by atoms with Gasteiger partial charge in [0.2, 0.25) is 5.91 Å². The van der Waals surface area contributed by atoms with Crippen LogP contribution in [0.4, 0.5) is 16.2 Å². The summed E-state index contributed by atoms with van der Waals surface area (Å²) in [4.78, 5) is 48.1. The summed E-state index contributed by atoms with van der Waals surface area (Å²) in [5, 5.41) is 22.5. The van der Waals surface area contributed by atoms with E-state index >= 15 is 0 Å². The van der Waals surface area contributed by atoms with Gasteiger partial charge in [0.25, 0.3) is 11.1 Å². The number of phenols is 1. The first-order valence-corrected chi connectivity index (χ1v) is 10.1. The fourth-order valence-corrected chi connectivity index (χ4v) is 3.70. The van der Waals surface area contributed by atoms with E-state index in [-0.39, 0.29) is 10.5 Å². The molecule has 1 fully saturated rings. The van der Waals surface area contributed by atoms with Crippen LogP contribution < -0.4 is 5.32 Å². The Hall–Kier alpha value is -3.66. The minimum absolute atomic E-state index is 0.0269. The van der Waals surface area contributed by atoms with Crippen molar-refractivity contribution in [2.75, 3.05) is 11.9 Å². The van der Waals surface area contributed by atoms with Crippen LogP contribution in [-0.2, 0) is 9.59 Å². The van der Waals surface area contributed by atoms with Gasteiger partial charge in [-0.25, -0.2) is 0 Å². The van der Waals surface area contributed by atoms with Crippen molar-refractivity contribution in [3.63, 3.8) is 0 Å². The van der Waals surface area contributed by atoms with E-state index in [1.807, 2.05) is 12.1 Å². The highest BCUT2D eigenvalue weighted by Crippen LogP contribution is 2.34. The number of benzene rings is 2. The molecule has 0 aliphatic carbocycles. The van der Waals surface area contributed by atoms with Gasteiger partial charge in [-0.3, -0.25) is 29.4 Å². The smallest absolute Gasteiger partial charge is 0.311 e. The predicted molar refractivity (Wildman–Crippen MR) is 117 cm³/mol. The van der Waals surface area contributed by atoms with Gasteiger partial charge in [-0.2, -0.15) is 0 Å². The average molecular weight is 441 g/mol. The molecule has 2 N–H and O–H groups in total. The maximum atomic E-state index is 12.6. The van der Waals surface area contributed by atoms with Crippen molar-refractivity contribution >= 4 is 46.3 Å². The summed E-state index contributed by atoms with van der Waals surface area (Å²) in [5.41, 5.74) is 1.41. The maximum absolute atomic E-state index is 12.6. The maximum Gasteiger partial charge on any atom is 0.311 e. The van der Waals surface area contributed by atoms with Crippen LogP contribution in [0.2, 0.25) is 0 Å². The van der Waals surface area contributed by atoms with Crippen molar-refractivity contribution in [3.05, 3.63) is 68.6 Å². The van der Waals surface area contributed by atoms with Crippen LogP contribution in [0.1, 0.15) is 30.9 Å². The van der Waals surface area contributed by atoms with Crippen LogP contribution in [0.3, 0.4) is 0 Å². The highest BCUT2D eigenvalue weighted by Gasteiger charge is 2.36. The van der Waals surface area contributed by atoms with Gasteiger partial charge in [-0.1, -0.05) is 32.0 Å². The third-order valence-electron chi connectivity index (χ3n) is 4.53. The van der Waals surface area contributed by atoms with Crippen LogP contribution in [-0.4, -0.2) is 38.5 Å². The fourth-order valence-electron chi connectivity index (χ4n) is 2.86. The van der Waals surface area contributed by atoms with E-state index < -0.39 is 40.0 Å². The normalized spacial score (nSPS) is 15.1. The van der Waals surface area contributed by atoms with Gasteiger partial charge in [0.1, 0.15) is 6.54 Å². The Morgan fingerprint density at radius 2 is 1.90 bits per heavy atom. The molecule has 0 aromatic heterocycles. The number of amides is 3. The molecule has 0 bridgehead atoms. The highest BCUT2D eigenvalue weighted by molar-refractivity contribution is 8.18. The second-order valence-corrected chi connectivity index (χ2v) is 8.09. The van der Waals surface area contributed by atoms with Crippen molar-refractivity contribution < 1.29 is 24.4 Å². The number of nitrogens with one attached hydrogen (secondary N) is 1. The number of nitrogens with zero attached hydrogens (tertiary/aromatic N) is 2. The van der Waals surface area contributed by atoms with E-state index in [9.17, 15) is 29.6 Å². The lowest BCUT2D eigenvalue weighted by Gasteiger charge is -2.13. The summed E-state index contributed by atoms with van der Waals surface area (Å²) in [6, 6.07) is 10.9. The largest absolute Gasteiger partial charge is 0.502 e. The molecule has 1 aliphatic rings. The Morgan fingerprint density at radius 1 is 1.23 bits per heavy atom. The molecule has 1 heterocycles. The summed E-state index contributed by atoms with van der Waals surface area (Å²) in [6.07, 6.45) is 1.31. The molecule has 1 saturated heterocycles. The Morgan fingerprint density at radius 3 is 2.52 bits per heavy atom. The number of carbonyl (C=O) groups is 3. The van der Waals surface area contributed by atoms with E-state index in [1.54, 1.807) is 12.1 Å². The third kappa shape index (κ3) is 5.10. The second kappa shape index (κ2) is 9.00. The molecule has 0 radical (unpaired) electrons. The lowest BCUT2D eigenvalue weighted by molar-refractivity contribution is -0.385. The van der Waals surface area contributed by atoms with E-state index in [2.05, 4.69) is 19.2 Å². The molecule has 31 heavy (non-hydrogen) atoms. The minimum atomic E-state index is -0.754. The highest BCUT2D eigenvalue weighted by atomic mass is 32.2. The fraction of sp³-hybridized carbons (Fsp3) is 0.190. The number of nitro groups is 1. The Balaban J connectivity index is 1.70. The van der Waals surface area contributed by atoms with Crippen LogP contribution in [0.15, 0.2) is 47.4 Å². The monoisotopic (exact) mass is 441 g/mol. The van der Waals surface area contributed by atoms with Crippen molar-refractivity contribution in [2.24, 2.45) is 0 Å². The van der Waals surface area contributed by atoms with E-state index in [1.165, 1.54) is 12.1 Å². The molecule has 1 aliphatic heterocycles. The lowest BCUT2D eigenvalue weighted by Crippen LogP contribution is -2.36. The van der Waals surface area contributed by atoms with E-state index in [0.29, 0.717) is 23.4 Å². The number of aromatic hydroxyl groups is 1. The topological polar surface area (TPSA) is 130 Å². The van der Waals surface area contributed by atoms with E-state index in [4.69, 9.17) is 0 Å². The van der Waals surface area contributed by atoms with Crippen molar-refractivity contribution in [2.45, 2.75) is 19.8 Å².